The summed E-state index contributed by atoms with van der Waals surface area (Å²) in [5.74, 6) is -2.81. The SMILES string of the molecule is O=C(O)C1CCC(C(=O)NCc2cc(F)ccc2F)CC1. The highest BCUT2D eigenvalue weighted by Gasteiger charge is 2.29. The van der Waals surface area contributed by atoms with Gasteiger partial charge in [-0.05, 0) is 43.9 Å². The molecule has 2 N–H and O–H groups in total. The minimum absolute atomic E-state index is 0.0682. The standard InChI is InChI=1S/C15H17F2NO3/c16-12-5-6-13(17)11(7-12)8-18-14(19)9-1-3-10(4-2-9)15(20)21/h5-7,9-10H,1-4,8H2,(H,18,19)(H,20,21). The van der Waals surface area contributed by atoms with Gasteiger partial charge in [-0.15, -0.1) is 0 Å². The Kier molecular flexibility index (Phi) is 4.88. The second-order valence-electron chi connectivity index (χ2n) is 5.34. The van der Waals surface area contributed by atoms with Crippen molar-refractivity contribution >= 4 is 11.9 Å². The third-order valence-electron chi connectivity index (χ3n) is 3.91. The number of carboxylic acids is 1. The molecular formula is C15H17F2NO3. The molecule has 0 heterocycles. The largest absolute Gasteiger partial charge is 0.481 e. The number of amides is 1. The van der Waals surface area contributed by atoms with Crippen LogP contribution in [0.3, 0.4) is 0 Å². The molecule has 1 fully saturated rings. The maximum atomic E-state index is 13.4. The van der Waals surface area contributed by atoms with Crippen LogP contribution in [0.15, 0.2) is 18.2 Å². The Labute approximate surface area is 121 Å². The fourth-order valence-electron chi connectivity index (χ4n) is 2.61. The molecule has 0 saturated heterocycles. The lowest BCUT2D eigenvalue weighted by Crippen LogP contribution is -2.34. The molecule has 6 heteroatoms. The van der Waals surface area contributed by atoms with Gasteiger partial charge in [0.05, 0.1) is 5.92 Å². The minimum atomic E-state index is -0.823. The van der Waals surface area contributed by atoms with Gasteiger partial charge in [-0.1, -0.05) is 0 Å². The summed E-state index contributed by atoms with van der Waals surface area (Å²) >= 11 is 0. The van der Waals surface area contributed by atoms with E-state index in [0.717, 1.165) is 18.2 Å². The van der Waals surface area contributed by atoms with Gasteiger partial charge in [0.25, 0.3) is 0 Å². The van der Waals surface area contributed by atoms with E-state index in [-0.39, 0.29) is 29.9 Å². The number of aliphatic carboxylic acids is 1. The second kappa shape index (κ2) is 6.65. The maximum absolute atomic E-state index is 13.4. The van der Waals surface area contributed by atoms with Crippen molar-refractivity contribution in [2.45, 2.75) is 32.2 Å². The summed E-state index contributed by atoms with van der Waals surface area (Å²) in [5, 5.41) is 11.5. The second-order valence-corrected chi connectivity index (χ2v) is 5.34. The number of hydrogen-bond donors (Lipinski definition) is 2. The number of benzene rings is 1. The van der Waals surface area contributed by atoms with E-state index in [9.17, 15) is 18.4 Å². The zero-order valence-corrected chi connectivity index (χ0v) is 11.4. The van der Waals surface area contributed by atoms with E-state index in [2.05, 4.69) is 5.32 Å². The van der Waals surface area contributed by atoms with E-state index >= 15 is 0 Å². The van der Waals surface area contributed by atoms with Crippen molar-refractivity contribution in [1.82, 2.24) is 5.32 Å². The number of carbonyl (C=O) groups excluding carboxylic acids is 1. The van der Waals surface area contributed by atoms with Crippen molar-refractivity contribution in [1.29, 1.82) is 0 Å². The van der Waals surface area contributed by atoms with Gasteiger partial charge in [-0.3, -0.25) is 9.59 Å². The Balaban J connectivity index is 1.85. The zero-order valence-electron chi connectivity index (χ0n) is 11.4. The number of hydrogen-bond acceptors (Lipinski definition) is 2. The summed E-state index contributed by atoms with van der Waals surface area (Å²) in [5.41, 5.74) is 0.0996. The normalized spacial score (nSPS) is 21.8. The van der Waals surface area contributed by atoms with Gasteiger partial charge in [-0.25, -0.2) is 8.78 Å². The molecule has 0 spiro atoms. The predicted octanol–water partition coefficient (Wildman–Crippen LogP) is 2.47. The van der Waals surface area contributed by atoms with E-state index in [1.54, 1.807) is 0 Å². The Morgan fingerprint density at radius 1 is 1.14 bits per heavy atom. The molecule has 1 aliphatic carbocycles. The van der Waals surface area contributed by atoms with Crippen molar-refractivity contribution in [3.05, 3.63) is 35.4 Å². The van der Waals surface area contributed by atoms with Crippen molar-refractivity contribution in [3.8, 4) is 0 Å². The predicted molar refractivity (Wildman–Crippen MR) is 71.3 cm³/mol. The quantitative estimate of drug-likeness (QED) is 0.897. The molecule has 0 atom stereocenters. The summed E-state index contributed by atoms with van der Waals surface area (Å²) in [6.45, 7) is -0.0682. The molecule has 1 aliphatic rings. The van der Waals surface area contributed by atoms with Crippen LogP contribution in [0.4, 0.5) is 8.78 Å². The van der Waals surface area contributed by atoms with E-state index < -0.39 is 17.6 Å². The summed E-state index contributed by atoms with van der Waals surface area (Å²) in [6, 6.07) is 3.10. The molecule has 4 nitrogen and oxygen atoms in total. The third kappa shape index (κ3) is 4.00. The highest BCUT2D eigenvalue weighted by Crippen LogP contribution is 2.29. The van der Waals surface area contributed by atoms with Crippen LogP contribution in [0, 0.1) is 23.5 Å². The van der Waals surface area contributed by atoms with Crippen LogP contribution in [-0.2, 0) is 16.1 Å². The summed E-state index contributed by atoms with van der Waals surface area (Å²) in [6.07, 6.45) is 1.96. The van der Waals surface area contributed by atoms with Crippen LogP contribution in [0.25, 0.3) is 0 Å². The lowest BCUT2D eigenvalue weighted by atomic mass is 9.81. The van der Waals surface area contributed by atoms with Crippen molar-refractivity contribution < 1.29 is 23.5 Å². The molecule has 21 heavy (non-hydrogen) atoms. The molecule has 1 amide bonds. The Bertz CT molecular complexity index is 540. The maximum Gasteiger partial charge on any atom is 0.306 e. The summed E-state index contributed by atoms with van der Waals surface area (Å²) < 4.78 is 26.4. The van der Waals surface area contributed by atoms with Crippen LogP contribution < -0.4 is 5.32 Å². The lowest BCUT2D eigenvalue weighted by Gasteiger charge is -2.25. The smallest absolute Gasteiger partial charge is 0.306 e. The van der Waals surface area contributed by atoms with Gasteiger partial charge in [0.2, 0.25) is 5.91 Å². The first-order valence-corrected chi connectivity index (χ1v) is 6.92. The van der Waals surface area contributed by atoms with Crippen molar-refractivity contribution in [3.63, 3.8) is 0 Å². The first-order chi connectivity index (χ1) is 9.97. The van der Waals surface area contributed by atoms with E-state index in [0.29, 0.717) is 25.7 Å². The van der Waals surface area contributed by atoms with Crippen LogP contribution in [0.1, 0.15) is 31.2 Å². The number of carbonyl (C=O) groups is 2. The van der Waals surface area contributed by atoms with Gasteiger partial charge < -0.3 is 10.4 Å². The Hall–Kier alpha value is -1.98. The molecule has 2 rings (SSSR count). The van der Waals surface area contributed by atoms with E-state index in [1.807, 2.05) is 0 Å². The van der Waals surface area contributed by atoms with Crippen molar-refractivity contribution in [2.75, 3.05) is 0 Å². The number of rotatable bonds is 4. The highest BCUT2D eigenvalue weighted by atomic mass is 19.1. The Morgan fingerprint density at radius 3 is 2.38 bits per heavy atom. The minimum Gasteiger partial charge on any atom is -0.481 e. The van der Waals surface area contributed by atoms with Crippen LogP contribution in [0.2, 0.25) is 0 Å². The number of halogens is 2. The molecule has 114 valence electrons. The Morgan fingerprint density at radius 2 is 1.76 bits per heavy atom. The summed E-state index contributed by atoms with van der Waals surface area (Å²) in [4.78, 5) is 22.8. The van der Waals surface area contributed by atoms with Crippen molar-refractivity contribution in [2.24, 2.45) is 11.8 Å². The van der Waals surface area contributed by atoms with E-state index in [4.69, 9.17) is 5.11 Å². The zero-order chi connectivity index (χ0) is 15.4. The molecule has 1 aromatic rings. The molecule has 0 unspecified atom stereocenters. The fourth-order valence-corrected chi connectivity index (χ4v) is 2.61. The van der Waals surface area contributed by atoms with Gasteiger partial charge in [-0.2, -0.15) is 0 Å². The average Bonchev–Trinajstić information content (AvgIpc) is 2.48. The van der Waals surface area contributed by atoms with E-state index in [1.165, 1.54) is 0 Å². The highest BCUT2D eigenvalue weighted by molar-refractivity contribution is 5.79. The molecule has 0 bridgehead atoms. The molecule has 0 radical (unpaired) electrons. The molecule has 0 aliphatic heterocycles. The lowest BCUT2D eigenvalue weighted by molar-refractivity contribution is -0.144. The molecule has 1 saturated carbocycles. The first-order valence-electron chi connectivity index (χ1n) is 6.92. The van der Waals surface area contributed by atoms with Gasteiger partial charge >= 0.3 is 5.97 Å². The monoisotopic (exact) mass is 297 g/mol. The molecule has 1 aromatic carbocycles. The van der Waals surface area contributed by atoms with Gasteiger partial charge in [0, 0.05) is 18.0 Å². The first kappa shape index (κ1) is 15.4. The van der Waals surface area contributed by atoms with Gasteiger partial charge in [0.15, 0.2) is 0 Å². The van der Waals surface area contributed by atoms with Gasteiger partial charge in [0.1, 0.15) is 11.6 Å². The van der Waals surface area contributed by atoms with Crippen LogP contribution in [0.5, 0.6) is 0 Å². The number of nitrogens with one attached hydrogen (secondary N) is 1. The third-order valence-corrected chi connectivity index (χ3v) is 3.91. The van der Waals surface area contributed by atoms with Crippen LogP contribution in [-0.4, -0.2) is 17.0 Å². The summed E-state index contributed by atoms with van der Waals surface area (Å²) in [7, 11) is 0. The number of carboxylic acid groups (broad SMARTS) is 1. The molecule has 0 aromatic heterocycles. The topological polar surface area (TPSA) is 66.4 Å². The fraction of sp³-hybridized carbons (Fsp3) is 0.467. The average molecular weight is 297 g/mol. The molecular weight excluding hydrogens is 280 g/mol. The van der Waals surface area contributed by atoms with Crippen LogP contribution >= 0.6 is 0 Å².